The molecule has 7 nitrogen and oxygen atoms in total. The average molecular weight is 522 g/mol. The van der Waals surface area contributed by atoms with Crippen molar-refractivity contribution in [2.24, 2.45) is 0 Å². The van der Waals surface area contributed by atoms with E-state index >= 15 is 0 Å². The van der Waals surface area contributed by atoms with Crippen molar-refractivity contribution in [1.29, 1.82) is 0 Å². The van der Waals surface area contributed by atoms with Crippen molar-refractivity contribution < 1.29 is 19.1 Å². The van der Waals surface area contributed by atoms with Gasteiger partial charge in [-0.2, -0.15) is 0 Å². The van der Waals surface area contributed by atoms with Crippen molar-refractivity contribution in [2.45, 2.75) is 16.2 Å². The summed E-state index contributed by atoms with van der Waals surface area (Å²) in [6, 6.07) is 28.4. The molecule has 0 bridgehead atoms. The van der Waals surface area contributed by atoms with Crippen LogP contribution in [-0.2, 0) is 9.53 Å². The number of anilines is 2. The van der Waals surface area contributed by atoms with Gasteiger partial charge in [-0.15, -0.1) is 0 Å². The first-order chi connectivity index (χ1) is 18.6. The fraction of sp³-hybridized carbons (Fsp3) is 0.100. The molecule has 0 spiro atoms. The number of H-pyrrole nitrogens is 1. The average Bonchev–Trinajstić information content (AvgIpc) is 3.39. The predicted molar refractivity (Wildman–Crippen MR) is 147 cm³/mol. The molecule has 188 valence electrons. The standard InChI is InChI=1S/C30H23N3O4S/c1-36-21-13-10-19(11-14-21)29-31-22-15-12-20(18-23(22)32-29)30(35)37-17-16-28(34)33-24-6-2-4-8-26(24)38-27-9-5-3-7-25(27)33/h2-15,18H,16-17H2,1H3,(H,31,32). The number of hydrogen-bond donors (Lipinski definition) is 1. The van der Waals surface area contributed by atoms with Crippen molar-refractivity contribution >= 4 is 46.0 Å². The fourth-order valence-corrected chi connectivity index (χ4v) is 5.48. The fourth-order valence-electron chi connectivity index (χ4n) is 4.42. The Balaban J connectivity index is 1.14. The van der Waals surface area contributed by atoms with Crippen molar-refractivity contribution in [3.8, 4) is 17.1 Å². The van der Waals surface area contributed by atoms with Crippen LogP contribution in [0.15, 0.2) is 101 Å². The number of carbonyl (C=O) groups is 2. The van der Waals surface area contributed by atoms with Crippen LogP contribution in [0.4, 0.5) is 11.4 Å². The third-order valence-electron chi connectivity index (χ3n) is 6.31. The van der Waals surface area contributed by atoms with E-state index in [4.69, 9.17) is 9.47 Å². The number of fused-ring (bicyclic) bond motifs is 3. The zero-order chi connectivity index (χ0) is 26.1. The van der Waals surface area contributed by atoms with E-state index in [1.54, 1.807) is 42.0 Å². The maximum atomic E-state index is 13.3. The molecule has 1 aliphatic rings. The Morgan fingerprint density at radius 2 is 1.58 bits per heavy atom. The van der Waals surface area contributed by atoms with Gasteiger partial charge in [-0.3, -0.25) is 9.69 Å². The minimum absolute atomic E-state index is 0.0241. The molecule has 1 aliphatic heterocycles. The molecule has 0 aliphatic carbocycles. The first kappa shape index (κ1) is 23.8. The number of nitrogens with one attached hydrogen (secondary N) is 1. The number of hydrogen-bond acceptors (Lipinski definition) is 6. The molecule has 0 saturated heterocycles. The van der Waals surface area contributed by atoms with Crippen LogP contribution >= 0.6 is 11.8 Å². The van der Waals surface area contributed by atoms with E-state index in [0.29, 0.717) is 11.4 Å². The molecule has 38 heavy (non-hydrogen) atoms. The van der Waals surface area contributed by atoms with Gasteiger partial charge in [0.25, 0.3) is 0 Å². The molecule has 0 fully saturated rings. The number of methoxy groups -OCH3 is 1. The van der Waals surface area contributed by atoms with Crippen LogP contribution in [0.1, 0.15) is 16.8 Å². The third kappa shape index (κ3) is 4.50. The summed E-state index contributed by atoms with van der Waals surface area (Å²) in [5.41, 5.74) is 4.43. The van der Waals surface area contributed by atoms with E-state index in [0.717, 1.165) is 43.5 Å². The Bertz CT molecular complexity index is 1620. The zero-order valence-corrected chi connectivity index (χ0v) is 21.3. The summed E-state index contributed by atoms with van der Waals surface area (Å²) in [5.74, 6) is 0.835. The Kier molecular flexibility index (Phi) is 6.31. The lowest BCUT2D eigenvalue weighted by atomic mass is 10.2. The maximum absolute atomic E-state index is 13.3. The molecule has 1 amide bonds. The highest BCUT2D eigenvalue weighted by Gasteiger charge is 2.27. The summed E-state index contributed by atoms with van der Waals surface area (Å²) in [5, 5.41) is 0. The Labute approximate surface area is 223 Å². The monoisotopic (exact) mass is 521 g/mol. The minimum atomic E-state index is -0.490. The molecule has 0 atom stereocenters. The van der Waals surface area contributed by atoms with Gasteiger partial charge in [-0.05, 0) is 66.7 Å². The van der Waals surface area contributed by atoms with Crippen molar-refractivity contribution in [3.63, 3.8) is 0 Å². The lowest BCUT2D eigenvalue weighted by Gasteiger charge is -2.31. The highest BCUT2D eigenvalue weighted by molar-refractivity contribution is 7.99. The van der Waals surface area contributed by atoms with Crippen LogP contribution in [0.5, 0.6) is 5.75 Å². The molecule has 8 heteroatoms. The molecule has 0 radical (unpaired) electrons. The molecular formula is C30H23N3O4S. The van der Waals surface area contributed by atoms with E-state index < -0.39 is 5.97 Å². The second kappa shape index (κ2) is 10.1. The number of ether oxygens (including phenoxy) is 2. The number of imidazole rings is 1. The van der Waals surface area contributed by atoms with Crippen LogP contribution in [0.25, 0.3) is 22.4 Å². The van der Waals surface area contributed by atoms with Crippen molar-refractivity contribution in [3.05, 3.63) is 96.6 Å². The molecule has 4 aromatic carbocycles. The normalized spacial score (nSPS) is 12.1. The number of rotatable bonds is 6. The van der Waals surface area contributed by atoms with E-state index in [1.165, 1.54) is 0 Å². The number of nitrogens with zero attached hydrogens (tertiary/aromatic N) is 2. The van der Waals surface area contributed by atoms with Crippen molar-refractivity contribution in [2.75, 3.05) is 18.6 Å². The van der Waals surface area contributed by atoms with E-state index in [1.807, 2.05) is 72.8 Å². The molecule has 6 rings (SSSR count). The van der Waals surface area contributed by atoms with E-state index in [9.17, 15) is 9.59 Å². The zero-order valence-electron chi connectivity index (χ0n) is 20.5. The first-order valence-corrected chi connectivity index (χ1v) is 12.9. The summed E-state index contributed by atoms with van der Waals surface area (Å²) in [6.07, 6.45) is 0.0625. The number of amides is 1. The minimum Gasteiger partial charge on any atom is -0.497 e. The van der Waals surface area contributed by atoms with Crippen LogP contribution in [-0.4, -0.2) is 35.6 Å². The largest absolute Gasteiger partial charge is 0.497 e. The number of aromatic amines is 1. The Morgan fingerprint density at radius 3 is 2.26 bits per heavy atom. The molecule has 0 saturated carbocycles. The third-order valence-corrected chi connectivity index (χ3v) is 7.44. The van der Waals surface area contributed by atoms with Gasteiger partial charge in [-0.25, -0.2) is 9.78 Å². The molecule has 0 unspecified atom stereocenters. The Morgan fingerprint density at radius 1 is 0.895 bits per heavy atom. The summed E-state index contributed by atoms with van der Waals surface area (Å²) in [7, 11) is 1.62. The van der Waals surface area contributed by atoms with Gasteiger partial charge in [0.2, 0.25) is 5.91 Å². The molecular weight excluding hydrogens is 498 g/mol. The lowest BCUT2D eigenvalue weighted by Crippen LogP contribution is -2.29. The van der Waals surface area contributed by atoms with E-state index in [-0.39, 0.29) is 18.9 Å². The summed E-state index contributed by atoms with van der Waals surface area (Å²) >= 11 is 1.64. The van der Waals surface area contributed by atoms with Crippen LogP contribution in [0, 0.1) is 0 Å². The molecule has 1 N–H and O–H groups in total. The van der Waals surface area contributed by atoms with Crippen LogP contribution in [0.2, 0.25) is 0 Å². The Hall–Kier alpha value is -4.56. The molecule has 1 aromatic heterocycles. The molecule has 5 aromatic rings. The highest BCUT2D eigenvalue weighted by Crippen LogP contribution is 2.48. The van der Waals surface area contributed by atoms with Gasteiger partial charge in [-0.1, -0.05) is 36.0 Å². The van der Waals surface area contributed by atoms with Gasteiger partial charge in [0.05, 0.1) is 41.5 Å². The first-order valence-electron chi connectivity index (χ1n) is 12.1. The quantitative estimate of drug-likeness (QED) is 0.253. The van der Waals surface area contributed by atoms with Gasteiger partial charge >= 0.3 is 5.97 Å². The number of benzene rings is 4. The predicted octanol–water partition coefficient (Wildman–Crippen LogP) is 6.61. The van der Waals surface area contributed by atoms with E-state index in [2.05, 4.69) is 9.97 Å². The van der Waals surface area contributed by atoms with Gasteiger partial charge in [0.1, 0.15) is 18.2 Å². The summed E-state index contributed by atoms with van der Waals surface area (Å²) in [6.45, 7) is -0.0241. The van der Waals surface area contributed by atoms with Crippen LogP contribution < -0.4 is 9.64 Å². The van der Waals surface area contributed by atoms with Gasteiger partial charge < -0.3 is 14.5 Å². The number of carbonyl (C=O) groups excluding carboxylic acids is 2. The summed E-state index contributed by atoms with van der Waals surface area (Å²) < 4.78 is 10.7. The number of para-hydroxylation sites is 2. The van der Waals surface area contributed by atoms with Gasteiger partial charge in [0, 0.05) is 15.4 Å². The lowest BCUT2D eigenvalue weighted by molar-refractivity contribution is -0.118. The maximum Gasteiger partial charge on any atom is 0.338 e. The van der Waals surface area contributed by atoms with Crippen molar-refractivity contribution in [1.82, 2.24) is 9.97 Å². The summed E-state index contributed by atoms with van der Waals surface area (Å²) in [4.78, 5) is 37.7. The topological polar surface area (TPSA) is 84.5 Å². The number of aromatic nitrogens is 2. The second-order valence-electron chi connectivity index (χ2n) is 8.70. The second-order valence-corrected chi connectivity index (χ2v) is 9.78. The number of esters is 1. The van der Waals surface area contributed by atoms with Crippen LogP contribution in [0.3, 0.4) is 0 Å². The highest BCUT2D eigenvalue weighted by atomic mass is 32.2. The SMILES string of the molecule is COc1ccc(-c2nc3ccc(C(=O)OCCC(=O)N4c5ccccc5Sc5ccccc54)cc3[nH]2)cc1. The molecule has 2 heterocycles. The van der Waals surface area contributed by atoms with Gasteiger partial charge in [0.15, 0.2) is 0 Å². The smallest absolute Gasteiger partial charge is 0.338 e.